The number of aliphatic imine (C=N–C) groups is 1. The lowest BCUT2D eigenvalue weighted by Crippen LogP contribution is -2.06. The number of methoxy groups -OCH3 is 1. The molecule has 0 aromatic heterocycles. The fourth-order valence-electron chi connectivity index (χ4n) is 2.01. The molecule has 0 aliphatic carbocycles. The van der Waals surface area contributed by atoms with Gasteiger partial charge in [-0.25, -0.2) is 4.99 Å². The highest BCUT2D eigenvalue weighted by atomic mass is 16.5. The first-order valence-corrected chi connectivity index (χ1v) is 7.89. The van der Waals surface area contributed by atoms with E-state index < -0.39 is 0 Å². The molecule has 0 heterocycles. The molecule has 0 unspecified atom stereocenters. The summed E-state index contributed by atoms with van der Waals surface area (Å²) in [4.78, 5) is 4.63. The van der Waals surface area contributed by atoms with Crippen LogP contribution in [0.2, 0.25) is 0 Å². The molecule has 3 nitrogen and oxygen atoms in total. The van der Waals surface area contributed by atoms with Crippen LogP contribution in [0.1, 0.15) is 25.3 Å². The van der Waals surface area contributed by atoms with Crippen molar-refractivity contribution in [1.29, 1.82) is 0 Å². The molecular weight excluding hydrogens is 286 g/mol. The maximum absolute atomic E-state index is 5.87. The van der Waals surface area contributed by atoms with Gasteiger partial charge in [0.25, 0.3) is 0 Å². The van der Waals surface area contributed by atoms with Crippen LogP contribution in [0.5, 0.6) is 5.75 Å². The lowest BCUT2D eigenvalue weighted by Gasteiger charge is -2.08. The number of ether oxygens (including phenoxy) is 2. The van der Waals surface area contributed by atoms with Crippen LogP contribution in [0, 0.1) is 0 Å². The van der Waals surface area contributed by atoms with Gasteiger partial charge in [0.15, 0.2) is 0 Å². The van der Waals surface area contributed by atoms with Gasteiger partial charge >= 0.3 is 0 Å². The van der Waals surface area contributed by atoms with Crippen LogP contribution in [0.15, 0.2) is 71.7 Å². The molecule has 0 atom stereocenters. The van der Waals surface area contributed by atoms with Crippen LogP contribution >= 0.6 is 0 Å². The zero-order valence-electron chi connectivity index (χ0n) is 13.7. The van der Waals surface area contributed by atoms with E-state index in [-0.39, 0.29) is 0 Å². The fourth-order valence-corrected chi connectivity index (χ4v) is 2.01. The van der Waals surface area contributed by atoms with E-state index in [4.69, 9.17) is 9.47 Å². The van der Waals surface area contributed by atoms with Gasteiger partial charge in [-0.2, -0.15) is 0 Å². The largest absolute Gasteiger partial charge is 0.497 e. The summed E-state index contributed by atoms with van der Waals surface area (Å²) in [5.41, 5.74) is 1.80. The van der Waals surface area contributed by atoms with E-state index >= 15 is 0 Å². The third kappa shape index (κ3) is 5.62. The average Bonchev–Trinajstić information content (AvgIpc) is 2.62. The van der Waals surface area contributed by atoms with Gasteiger partial charge in [0.05, 0.1) is 12.8 Å². The summed E-state index contributed by atoms with van der Waals surface area (Å²) in [5, 5.41) is 0. The van der Waals surface area contributed by atoms with Crippen molar-refractivity contribution in [3.8, 4) is 5.75 Å². The highest BCUT2D eigenvalue weighted by Gasteiger charge is 2.04. The minimum Gasteiger partial charge on any atom is -0.497 e. The van der Waals surface area contributed by atoms with Crippen LogP contribution in [0.25, 0.3) is 0 Å². The van der Waals surface area contributed by atoms with Crippen molar-refractivity contribution in [3.63, 3.8) is 0 Å². The first-order chi connectivity index (χ1) is 11.3. The number of allylic oxidation sites excluding steroid dienone is 1. The van der Waals surface area contributed by atoms with E-state index in [1.54, 1.807) is 7.11 Å². The molecule has 0 saturated heterocycles. The van der Waals surface area contributed by atoms with Crippen LogP contribution in [0.4, 0.5) is 5.69 Å². The Morgan fingerprint density at radius 2 is 1.74 bits per heavy atom. The quantitative estimate of drug-likeness (QED) is 0.402. The van der Waals surface area contributed by atoms with E-state index in [0.717, 1.165) is 29.8 Å². The Kier molecular flexibility index (Phi) is 6.92. The van der Waals surface area contributed by atoms with E-state index in [1.165, 1.54) is 0 Å². The second-order valence-corrected chi connectivity index (χ2v) is 5.05. The van der Waals surface area contributed by atoms with E-state index in [9.17, 15) is 0 Å². The number of nitrogens with zero attached hydrogens (tertiary/aromatic N) is 1. The monoisotopic (exact) mass is 309 g/mol. The Bertz CT molecular complexity index is 630. The van der Waals surface area contributed by atoms with Crippen LogP contribution in [0.3, 0.4) is 0 Å². The summed E-state index contributed by atoms with van der Waals surface area (Å²) >= 11 is 0. The molecule has 23 heavy (non-hydrogen) atoms. The van der Waals surface area contributed by atoms with Gasteiger partial charge in [0.2, 0.25) is 5.90 Å². The van der Waals surface area contributed by atoms with E-state index in [2.05, 4.69) is 18.0 Å². The van der Waals surface area contributed by atoms with Crippen molar-refractivity contribution in [1.82, 2.24) is 0 Å². The Hall–Kier alpha value is -2.55. The molecule has 2 aromatic rings. The summed E-state index contributed by atoms with van der Waals surface area (Å²) in [7, 11) is 1.65. The molecule has 0 saturated carbocycles. The van der Waals surface area contributed by atoms with E-state index in [1.807, 2.05) is 60.7 Å². The molecule has 0 N–H and O–H groups in total. The van der Waals surface area contributed by atoms with Crippen LogP contribution < -0.4 is 4.74 Å². The Balaban J connectivity index is 2.16. The minimum absolute atomic E-state index is 0.518. The molecule has 2 aromatic carbocycles. The SMILES string of the molecule is CCC/C=C/COC(=Nc1ccc(OC)cc1)c1ccccc1. The highest BCUT2D eigenvalue weighted by molar-refractivity contribution is 5.95. The van der Waals surface area contributed by atoms with Gasteiger partial charge in [-0.05, 0) is 42.8 Å². The minimum atomic E-state index is 0.518. The summed E-state index contributed by atoms with van der Waals surface area (Å²) in [5.74, 6) is 1.44. The molecule has 0 radical (unpaired) electrons. The van der Waals surface area contributed by atoms with Crippen molar-refractivity contribution in [3.05, 3.63) is 72.3 Å². The molecule has 0 spiro atoms. The lowest BCUT2D eigenvalue weighted by atomic mass is 10.2. The van der Waals surface area contributed by atoms with Crippen molar-refractivity contribution in [2.24, 2.45) is 4.99 Å². The molecule has 2 rings (SSSR count). The molecule has 3 heteroatoms. The normalized spacial score (nSPS) is 11.7. The third-order valence-electron chi connectivity index (χ3n) is 3.26. The molecular formula is C20H23NO2. The topological polar surface area (TPSA) is 30.8 Å². The number of benzene rings is 2. The van der Waals surface area contributed by atoms with Crippen LogP contribution in [-0.4, -0.2) is 19.6 Å². The predicted octanol–water partition coefficient (Wildman–Crippen LogP) is 5.15. The lowest BCUT2D eigenvalue weighted by molar-refractivity contribution is 0.351. The second kappa shape index (κ2) is 9.46. The van der Waals surface area contributed by atoms with Crippen LogP contribution in [-0.2, 0) is 4.74 Å². The summed E-state index contributed by atoms with van der Waals surface area (Å²) < 4.78 is 11.0. The second-order valence-electron chi connectivity index (χ2n) is 5.05. The van der Waals surface area contributed by atoms with Crippen molar-refractivity contribution in [2.45, 2.75) is 19.8 Å². The van der Waals surface area contributed by atoms with Gasteiger partial charge < -0.3 is 9.47 Å². The molecule has 0 fully saturated rings. The van der Waals surface area contributed by atoms with Gasteiger partial charge in [-0.3, -0.25) is 0 Å². The smallest absolute Gasteiger partial charge is 0.221 e. The summed E-state index contributed by atoms with van der Waals surface area (Å²) in [6.07, 6.45) is 6.38. The zero-order valence-corrected chi connectivity index (χ0v) is 13.7. The average molecular weight is 309 g/mol. The zero-order chi connectivity index (χ0) is 16.3. The molecule has 0 bridgehead atoms. The maximum atomic E-state index is 5.87. The van der Waals surface area contributed by atoms with Gasteiger partial charge in [0, 0.05) is 5.56 Å². The predicted molar refractivity (Wildman–Crippen MR) is 95.6 cm³/mol. The Labute approximate surface area is 138 Å². The first-order valence-electron chi connectivity index (χ1n) is 7.89. The Morgan fingerprint density at radius 1 is 1.00 bits per heavy atom. The summed E-state index contributed by atoms with van der Waals surface area (Å²) in [6.45, 7) is 2.68. The third-order valence-corrected chi connectivity index (χ3v) is 3.26. The summed E-state index contributed by atoms with van der Waals surface area (Å²) in [6, 6.07) is 17.6. The van der Waals surface area contributed by atoms with Gasteiger partial charge in [-0.15, -0.1) is 0 Å². The molecule has 0 aliphatic rings. The molecule has 120 valence electrons. The van der Waals surface area contributed by atoms with Crippen molar-refractivity contribution in [2.75, 3.05) is 13.7 Å². The maximum Gasteiger partial charge on any atom is 0.221 e. The number of rotatable bonds is 7. The molecule has 0 amide bonds. The fraction of sp³-hybridized carbons (Fsp3) is 0.250. The van der Waals surface area contributed by atoms with E-state index in [0.29, 0.717) is 12.5 Å². The number of hydrogen-bond acceptors (Lipinski definition) is 3. The standard InChI is InChI=1S/C20H23NO2/c1-3-4-5-9-16-23-20(17-10-7-6-8-11-17)21-18-12-14-19(22-2)15-13-18/h5-15H,3-4,16H2,1-2H3/b9-5+,21-20?. The molecule has 0 aliphatic heterocycles. The Morgan fingerprint density at radius 3 is 2.39 bits per heavy atom. The van der Waals surface area contributed by atoms with Crippen molar-refractivity contribution >= 4 is 11.6 Å². The van der Waals surface area contributed by atoms with Gasteiger partial charge in [0.1, 0.15) is 12.4 Å². The van der Waals surface area contributed by atoms with Crippen molar-refractivity contribution < 1.29 is 9.47 Å². The highest BCUT2D eigenvalue weighted by Crippen LogP contribution is 2.19. The number of hydrogen-bond donors (Lipinski definition) is 0. The number of unbranched alkanes of at least 4 members (excludes halogenated alkanes) is 1. The van der Waals surface area contributed by atoms with Gasteiger partial charge in [-0.1, -0.05) is 43.7 Å². The first kappa shape index (κ1) is 16.8.